The first-order valence-electron chi connectivity index (χ1n) is 7.08. The summed E-state index contributed by atoms with van der Waals surface area (Å²) in [6.07, 6.45) is 0. The fraction of sp³-hybridized carbons (Fsp3) is 0.467. The highest BCUT2D eigenvalue weighted by Crippen LogP contribution is 2.22. The van der Waals surface area contributed by atoms with Crippen molar-refractivity contribution in [3.05, 3.63) is 23.8 Å². The van der Waals surface area contributed by atoms with E-state index in [-0.39, 0.29) is 23.7 Å². The average molecular weight is 327 g/mol. The number of H-pyrrole nitrogens is 1. The number of rotatable bonds is 5. The Bertz CT molecular complexity index is 638. The van der Waals surface area contributed by atoms with E-state index < -0.39 is 11.6 Å². The lowest BCUT2D eigenvalue weighted by Gasteiger charge is -2.30. The van der Waals surface area contributed by atoms with Crippen molar-refractivity contribution < 1.29 is 13.6 Å². The molecular formula is C15H19F2N3OS. The van der Waals surface area contributed by atoms with E-state index in [2.05, 4.69) is 9.97 Å². The second-order valence-corrected chi connectivity index (χ2v) is 6.57. The summed E-state index contributed by atoms with van der Waals surface area (Å²) in [6.45, 7) is 7.87. The van der Waals surface area contributed by atoms with Crippen LogP contribution in [0.25, 0.3) is 11.0 Å². The largest absolute Gasteiger partial charge is 0.337 e. The molecule has 2 aromatic rings. The van der Waals surface area contributed by atoms with Gasteiger partial charge in [-0.25, -0.2) is 13.8 Å². The Hall–Kier alpha value is -1.63. The molecule has 2 rings (SSSR count). The minimum atomic E-state index is -0.933. The highest BCUT2D eigenvalue weighted by molar-refractivity contribution is 7.99. The van der Waals surface area contributed by atoms with Gasteiger partial charge in [-0.1, -0.05) is 11.8 Å². The highest BCUT2D eigenvalue weighted by Gasteiger charge is 2.20. The van der Waals surface area contributed by atoms with E-state index in [0.717, 1.165) is 12.1 Å². The Morgan fingerprint density at radius 2 is 1.82 bits per heavy atom. The highest BCUT2D eigenvalue weighted by atomic mass is 32.2. The van der Waals surface area contributed by atoms with Gasteiger partial charge in [0.2, 0.25) is 5.91 Å². The Kier molecular flexibility index (Phi) is 5.05. The molecule has 1 aromatic heterocycles. The van der Waals surface area contributed by atoms with E-state index in [4.69, 9.17) is 0 Å². The van der Waals surface area contributed by atoms with Crippen LogP contribution in [0, 0.1) is 11.6 Å². The summed E-state index contributed by atoms with van der Waals surface area (Å²) < 4.78 is 26.3. The summed E-state index contributed by atoms with van der Waals surface area (Å²) in [5.74, 6) is -1.62. The van der Waals surface area contributed by atoms with Crippen LogP contribution in [0.5, 0.6) is 0 Å². The number of amides is 1. The molecule has 0 spiro atoms. The zero-order valence-electron chi connectivity index (χ0n) is 13.0. The zero-order chi connectivity index (χ0) is 16.4. The number of benzene rings is 1. The molecule has 0 aliphatic carbocycles. The van der Waals surface area contributed by atoms with Crippen molar-refractivity contribution in [3.8, 4) is 0 Å². The van der Waals surface area contributed by atoms with Crippen LogP contribution in [0.4, 0.5) is 8.78 Å². The maximum Gasteiger partial charge on any atom is 0.233 e. The number of carbonyl (C=O) groups is 1. The number of nitrogens with one attached hydrogen (secondary N) is 1. The van der Waals surface area contributed by atoms with Crippen LogP contribution in [0.1, 0.15) is 27.7 Å². The van der Waals surface area contributed by atoms with Gasteiger partial charge in [0, 0.05) is 24.2 Å². The van der Waals surface area contributed by atoms with Crippen molar-refractivity contribution in [2.24, 2.45) is 0 Å². The molecule has 0 radical (unpaired) electrons. The van der Waals surface area contributed by atoms with E-state index in [1.807, 2.05) is 27.7 Å². The number of aromatic amines is 1. The molecule has 0 aliphatic rings. The lowest BCUT2D eigenvalue weighted by atomic mass is 10.2. The van der Waals surface area contributed by atoms with E-state index in [9.17, 15) is 13.6 Å². The van der Waals surface area contributed by atoms with Gasteiger partial charge in [0.05, 0.1) is 16.8 Å². The Labute approximate surface area is 132 Å². The summed E-state index contributed by atoms with van der Waals surface area (Å²) in [5.41, 5.74) is 0.761. The van der Waals surface area contributed by atoms with E-state index in [1.165, 1.54) is 11.8 Å². The number of hydrogen-bond acceptors (Lipinski definition) is 3. The first-order chi connectivity index (χ1) is 10.3. The molecule has 1 amide bonds. The molecule has 0 atom stereocenters. The number of hydrogen-bond donors (Lipinski definition) is 1. The maximum absolute atomic E-state index is 13.2. The van der Waals surface area contributed by atoms with Gasteiger partial charge in [-0.3, -0.25) is 4.79 Å². The van der Waals surface area contributed by atoms with E-state index in [0.29, 0.717) is 16.2 Å². The van der Waals surface area contributed by atoms with Crippen LogP contribution in [0.3, 0.4) is 0 Å². The smallest absolute Gasteiger partial charge is 0.233 e. The Morgan fingerprint density at radius 1 is 1.23 bits per heavy atom. The zero-order valence-corrected chi connectivity index (χ0v) is 13.8. The number of aromatic nitrogens is 2. The molecule has 1 aromatic carbocycles. The first kappa shape index (κ1) is 16.7. The van der Waals surface area contributed by atoms with Gasteiger partial charge in [-0.2, -0.15) is 0 Å². The third-order valence-electron chi connectivity index (χ3n) is 3.24. The number of carbonyl (C=O) groups excluding carboxylic acids is 1. The first-order valence-corrected chi connectivity index (χ1v) is 8.07. The van der Waals surface area contributed by atoms with Crippen molar-refractivity contribution in [2.45, 2.75) is 44.9 Å². The number of halogens is 2. The SMILES string of the molecule is CC(C)N(C(=O)CSc1nc2cc(F)c(F)cc2[nH]1)C(C)C. The molecule has 1 N–H and O–H groups in total. The van der Waals surface area contributed by atoms with Gasteiger partial charge in [-0.15, -0.1) is 0 Å². The monoisotopic (exact) mass is 327 g/mol. The van der Waals surface area contributed by atoms with Crippen LogP contribution >= 0.6 is 11.8 Å². The summed E-state index contributed by atoms with van der Waals surface area (Å²) in [6, 6.07) is 2.35. The molecular weight excluding hydrogens is 308 g/mol. The molecule has 4 nitrogen and oxygen atoms in total. The molecule has 1 heterocycles. The van der Waals surface area contributed by atoms with E-state index in [1.54, 1.807) is 4.90 Å². The van der Waals surface area contributed by atoms with Gasteiger partial charge >= 0.3 is 0 Å². The summed E-state index contributed by atoms with van der Waals surface area (Å²) >= 11 is 1.23. The minimum absolute atomic E-state index is 0.00724. The van der Waals surface area contributed by atoms with Crippen molar-refractivity contribution in [2.75, 3.05) is 5.75 Å². The molecule has 7 heteroatoms. The lowest BCUT2D eigenvalue weighted by molar-refractivity contribution is -0.131. The van der Waals surface area contributed by atoms with Gasteiger partial charge in [0.25, 0.3) is 0 Å². The van der Waals surface area contributed by atoms with Gasteiger partial charge < -0.3 is 9.88 Å². The average Bonchev–Trinajstić information content (AvgIpc) is 2.78. The molecule has 0 saturated carbocycles. The minimum Gasteiger partial charge on any atom is -0.337 e. The Balaban J connectivity index is 2.10. The molecule has 0 aliphatic heterocycles. The topological polar surface area (TPSA) is 49.0 Å². The predicted molar refractivity (Wildman–Crippen MR) is 83.9 cm³/mol. The van der Waals surface area contributed by atoms with Crippen molar-refractivity contribution in [1.82, 2.24) is 14.9 Å². The van der Waals surface area contributed by atoms with Gasteiger partial charge in [0.15, 0.2) is 16.8 Å². The van der Waals surface area contributed by atoms with Crippen molar-refractivity contribution >= 4 is 28.7 Å². The fourth-order valence-electron chi connectivity index (χ4n) is 2.43. The predicted octanol–water partition coefficient (Wildman–Crippen LogP) is 3.58. The van der Waals surface area contributed by atoms with Crippen molar-refractivity contribution in [1.29, 1.82) is 0 Å². The number of thioether (sulfide) groups is 1. The van der Waals surface area contributed by atoms with Crippen LogP contribution in [-0.4, -0.2) is 38.6 Å². The molecule has 0 saturated heterocycles. The number of fused-ring (bicyclic) bond motifs is 1. The second kappa shape index (κ2) is 6.64. The van der Waals surface area contributed by atoms with Crippen LogP contribution < -0.4 is 0 Å². The van der Waals surface area contributed by atoms with Gasteiger partial charge in [0.1, 0.15) is 0 Å². The summed E-state index contributed by atoms with van der Waals surface area (Å²) in [7, 11) is 0. The molecule has 0 unspecified atom stereocenters. The van der Waals surface area contributed by atoms with Crippen molar-refractivity contribution in [3.63, 3.8) is 0 Å². The molecule has 0 fully saturated rings. The lowest BCUT2D eigenvalue weighted by Crippen LogP contribution is -2.43. The summed E-state index contributed by atoms with van der Waals surface area (Å²) in [4.78, 5) is 21.1. The summed E-state index contributed by atoms with van der Waals surface area (Å²) in [5, 5.41) is 0.473. The standard InChI is InChI=1S/C15H19F2N3OS/c1-8(2)20(9(3)4)14(21)7-22-15-18-12-5-10(16)11(17)6-13(12)19-15/h5-6,8-9H,7H2,1-4H3,(H,18,19). The molecule has 22 heavy (non-hydrogen) atoms. The third kappa shape index (κ3) is 3.58. The van der Waals surface area contributed by atoms with Crippen LogP contribution in [0.15, 0.2) is 17.3 Å². The Morgan fingerprint density at radius 3 is 2.41 bits per heavy atom. The van der Waals surface area contributed by atoms with E-state index >= 15 is 0 Å². The maximum atomic E-state index is 13.2. The number of nitrogens with zero attached hydrogens (tertiary/aromatic N) is 2. The van der Waals surface area contributed by atoms with Crippen LogP contribution in [-0.2, 0) is 4.79 Å². The normalized spacial score (nSPS) is 11.6. The third-order valence-corrected chi connectivity index (χ3v) is 4.09. The molecule has 0 bridgehead atoms. The number of imidazole rings is 1. The van der Waals surface area contributed by atoms with Gasteiger partial charge in [-0.05, 0) is 27.7 Å². The molecule has 120 valence electrons. The fourth-order valence-corrected chi connectivity index (χ4v) is 3.18. The van der Waals surface area contributed by atoms with Crippen LogP contribution in [0.2, 0.25) is 0 Å². The quantitative estimate of drug-likeness (QED) is 0.854. The second-order valence-electron chi connectivity index (χ2n) is 5.60.